The molecule has 1 aromatic carbocycles. The molecule has 0 saturated carbocycles. The summed E-state index contributed by atoms with van der Waals surface area (Å²) in [7, 11) is 1.59. The maximum absolute atomic E-state index is 11.8. The van der Waals surface area contributed by atoms with Crippen LogP contribution in [0, 0.1) is 0 Å². The van der Waals surface area contributed by atoms with E-state index in [0.29, 0.717) is 24.0 Å². The molecule has 0 spiro atoms. The smallest absolute Gasteiger partial charge is 0.262 e. The van der Waals surface area contributed by atoms with Crippen LogP contribution in [0.25, 0.3) is 0 Å². The number of thiocarbonyl (C=S) groups is 1. The molecule has 1 aliphatic rings. The second-order valence-electron chi connectivity index (χ2n) is 4.27. The van der Waals surface area contributed by atoms with Crippen LogP contribution in [0.1, 0.15) is 0 Å². The molecule has 1 amide bonds. The highest BCUT2D eigenvalue weighted by atomic mass is 32.1. The Hall–Kier alpha value is -2.08. The van der Waals surface area contributed by atoms with Gasteiger partial charge in [0.2, 0.25) is 0 Å². The molecule has 1 aromatic rings. The molecule has 1 atom stereocenters. The average molecular weight is 291 g/mol. The molecule has 0 bridgehead atoms. The van der Waals surface area contributed by atoms with Crippen LogP contribution in [0.5, 0.6) is 5.75 Å². The number of nitrogens with one attached hydrogen (secondary N) is 2. The molecule has 0 saturated heterocycles. The third kappa shape index (κ3) is 2.91. The summed E-state index contributed by atoms with van der Waals surface area (Å²) in [6.45, 7) is 4.60. The van der Waals surface area contributed by atoms with Crippen molar-refractivity contribution in [1.29, 1.82) is 0 Å². The van der Waals surface area contributed by atoms with Gasteiger partial charge in [-0.15, -0.1) is 6.58 Å². The van der Waals surface area contributed by atoms with Crippen molar-refractivity contribution in [3.8, 4) is 5.75 Å². The number of nitrogens with zero attached hydrogens (tertiary/aromatic N) is 1. The number of amides is 1. The van der Waals surface area contributed by atoms with Crippen LogP contribution in [0.15, 0.2) is 36.9 Å². The van der Waals surface area contributed by atoms with Crippen molar-refractivity contribution in [2.24, 2.45) is 0 Å². The Morgan fingerprint density at radius 2 is 2.35 bits per heavy atom. The maximum atomic E-state index is 11.8. The number of carbonyl (C=O) groups is 1. The zero-order valence-electron chi connectivity index (χ0n) is 11.3. The minimum absolute atomic E-state index is 0.170. The van der Waals surface area contributed by atoms with Crippen molar-refractivity contribution in [2.75, 3.05) is 25.0 Å². The van der Waals surface area contributed by atoms with E-state index < -0.39 is 6.10 Å². The second kappa shape index (κ2) is 6.38. The Bertz CT molecular complexity index is 533. The van der Waals surface area contributed by atoms with Crippen molar-refractivity contribution >= 4 is 28.9 Å². The number of carbonyl (C=O) groups excluding carboxylic acids is 1. The normalized spacial score (nSPS) is 16.6. The van der Waals surface area contributed by atoms with Gasteiger partial charge in [0.05, 0.1) is 12.2 Å². The molecule has 6 heteroatoms. The van der Waals surface area contributed by atoms with Crippen LogP contribution >= 0.6 is 12.2 Å². The SMILES string of the molecule is C=CCNC(=S)N1C[C@H](C(=O)NC)Oc2ccccc21. The fourth-order valence-corrected chi connectivity index (χ4v) is 2.24. The third-order valence-corrected chi connectivity index (χ3v) is 3.32. The quantitative estimate of drug-likeness (QED) is 0.644. The third-order valence-electron chi connectivity index (χ3n) is 2.96. The van der Waals surface area contributed by atoms with E-state index in [4.69, 9.17) is 17.0 Å². The summed E-state index contributed by atoms with van der Waals surface area (Å²) in [6.07, 6.45) is 1.15. The zero-order valence-corrected chi connectivity index (χ0v) is 12.1. The fourth-order valence-electron chi connectivity index (χ4n) is 1.98. The molecule has 0 aliphatic carbocycles. The number of likely N-dealkylation sites (N-methyl/N-ethyl adjacent to an activating group) is 1. The average Bonchev–Trinajstić information content (AvgIpc) is 2.50. The molecule has 106 valence electrons. The summed E-state index contributed by atoms with van der Waals surface area (Å²) in [6, 6.07) is 7.51. The van der Waals surface area contributed by atoms with E-state index in [1.807, 2.05) is 29.2 Å². The van der Waals surface area contributed by atoms with E-state index in [0.717, 1.165) is 5.69 Å². The summed E-state index contributed by atoms with van der Waals surface area (Å²) in [5, 5.41) is 6.22. The van der Waals surface area contributed by atoms with E-state index in [2.05, 4.69) is 17.2 Å². The van der Waals surface area contributed by atoms with Gasteiger partial charge >= 0.3 is 0 Å². The number of anilines is 1. The number of para-hydroxylation sites is 2. The van der Waals surface area contributed by atoms with Crippen LogP contribution in [-0.4, -0.2) is 37.3 Å². The minimum atomic E-state index is -0.585. The first kappa shape index (κ1) is 14.3. The van der Waals surface area contributed by atoms with Gasteiger partial charge in [-0.2, -0.15) is 0 Å². The highest BCUT2D eigenvalue weighted by Gasteiger charge is 2.31. The molecule has 5 nitrogen and oxygen atoms in total. The van der Waals surface area contributed by atoms with E-state index in [1.54, 1.807) is 13.1 Å². The Balaban J connectivity index is 2.27. The molecule has 0 radical (unpaired) electrons. The van der Waals surface area contributed by atoms with Crippen molar-refractivity contribution in [3.05, 3.63) is 36.9 Å². The van der Waals surface area contributed by atoms with Crippen molar-refractivity contribution in [3.63, 3.8) is 0 Å². The van der Waals surface area contributed by atoms with Crippen LogP contribution in [0.4, 0.5) is 5.69 Å². The molecule has 1 aliphatic heterocycles. The fraction of sp³-hybridized carbons (Fsp3) is 0.286. The molecule has 2 rings (SSSR count). The lowest BCUT2D eigenvalue weighted by Gasteiger charge is -2.35. The van der Waals surface area contributed by atoms with Gasteiger partial charge in [0.25, 0.3) is 5.91 Å². The van der Waals surface area contributed by atoms with E-state index >= 15 is 0 Å². The van der Waals surface area contributed by atoms with Gasteiger partial charge in [-0.25, -0.2) is 0 Å². The Morgan fingerprint density at radius 1 is 1.60 bits per heavy atom. The van der Waals surface area contributed by atoms with Gasteiger partial charge in [-0.1, -0.05) is 18.2 Å². The van der Waals surface area contributed by atoms with Crippen LogP contribution in [0.3, 0.4) is 0 Å². The Labute approximate surface area is 123 Å². The second-order valence-corrected chi connectivity index (χ2v) is 4.66. The zero-order chi connectivity index (χ0) is 14.5. The van der Waals surface area contributed by atoms with Gasteiger partial charge in [0, 0.05) is 13.6 Å². The standard InChI is InChI=1S/C14H17N3O2S/c1-3-8-16-14(20)17-9-12(13(18)15-2)19-11-7-5-4-6-10(11)17/h3-7,12H,1,8-9H2,2H3,(H,15,18)(H,16,20)/t12-/m1/s1. The van der Waals surface area contributed by atoms with Gasteiger partial charge < -0.3 is 20.3 Å². The van der Waals surface area contributed by atoms with Crippen molar-refractivity contribution in [2.45, 2.75) is 6.10 Å². The molecule has 0 fully saturated rings. The monoisotopic (exact) mass is 291 g/mol. The summed E-state index contributed by atoms with van der Waals surface area (Å²) >= 11 is 5.37. The lowest BCUT2D eigenvalue weighted by molar-refractivity contribution is -0.127. The highest BCUT2D eigenvalue weighted by molar-refractivity contribution is 7.80. The number of benzene rings is 1. The number of hydrogen-bond acceptors (Lipinski definition) is 3. The maximum Gasteiger partial charge on any atom is 0.262 e. The Kier molecular flexibility index (Phi) is 4.57. The Morgan fingerprint density at radius 3 is 3.05 bits per heavy atom. The predicted molar refractivity (Wildman–Crippen MR) is 83.1 cm³/mol. The summed E-state index contributed by atoms with van der Waals surface area (Å²) in [5.41, 5.74) is 0.856. The number of fused-ring (bicyclic) bond motifs is 1. The highest BCUT2D eigenvalue weighted by Crippen LogP contribution is 2.33. The van der Waals surface area contributed by atoms with Gasteiger partial charge in [-0.3, -0.25) is 4.79 Å². The first-order chi connectivity index (χ1) is 9.67. The molecular weight excluding hydrogens is 274 g/mol. The van der Waals surface area contributed by atoms with Gasteiger partial charge in [-0.05, 0) is 24.4 Å². The minimum Gasteiger partial charge on any atom is -0.477 e. The number of hydrogen-bond donors (Lipinski definition) is 2. The molecule has 20 heavy (non-hydrogen) atoms. The van der Waals surface area contributed by atoms with Crippen molar-refractivity contribution < 1.29 is 9.53 Å². The lowest BCUT2D eigenvalue weighted by atomic mass is 10.2. The largest absolute Gasteiger partial charge is 0.477 e. The van der Waals surface area contributed by atoms with Gasteiger partial charge in [0.1, 0.15) is 5.75 Å². The van der Waals surface area contributed by atoms with Crippen LogP contribution in [0.2, 0.25) is 0 Å². The molecule has 2 N–H and O–H groups in total. The van der Waals surface area contributed by atoms with Crippen molar-refractivity contribution in [1.82, 2.24) is 10.6 Å². The predicted octanol–water partition coefficient (Wildman–Crippen LogP) is 1.06. The summed E-state index contributed by atoms with van der Waals surface area (Å²) in [4.78, 5) is 13.7. The van der Waals surface area contributed by atoms with Crippen LogP contribution < -0.4 is 20.3 Å². The summed E-state index contributed by atoms with van der Waals surface area (Å²) in [5.74, 6) is 0.478. The molecule has 0 unspecified atom stereocenters. The lowest BCUT2D eigenvalue weighted by Crippen LogP contribution is -2.52. The first-order valence-electron chi connectivity index (χ1n) is 6.31. The van der Waals surface area contributed by atoms with Gasteiger partial charge in [0.15, 0.2) is 11.2 Å². The van der Waals surface area contributed by atoms with E-state index in [-0.39, 0.29) is 5.91 Å². The summed E-state index contributed by atoms with van der Waals surface area (Å²) < 4.78 is 5.71. The first-order valence-corrected chi connectivity index (χ1v) is 6.71. The molecule has 0 aromatic heterocycles. The van der Waals surface area contributed by atoms with Crippen LogP contribution in [-0.2, 0) is 4.79 Å². The van der Waals surface area contributed by atoms with E-state index in [1.165, 1.54) is 0 Å². The topological polar surface area (TPSA) is 53.6 Å². The van der Waals surface area contributed by atoms with E-state index in [9.17, 15) is 4.79 Å². The number of ether oxygens (including phenoxy) is 1. The molecular formula is C14H17N3O2S. The molecule has 1 heterocycles. The number of rotatable bonds is 3.